The highest BCUT2D eigenvalue weighted by molar-refractivity contribution is 7.26. The highest BCUT2D eigenvalue weighted by Crippen LogP contribution is 2.55. The Labute approximate surface area is 576 Å². The van der Waals surface area contributed by atoms with Crippen LogP contribution in [0, 0.1) is 0 Å². The van der Waals surface area contributed by atoms with Gasteiger partial charge in [-0.3, -0.25) is 0 Å². The van der Waals surface area contributed by atoms with E-state index in [1.54, 1.807) is 0 Å². The Hall–Kier alpha value is -10.8. The summed E-state index contributed by atoms with van der Waals surface area (Å²) in [6, 6.07) is 118. The number of fused-ring (bicyclic) bond motifs is 10. The van der Waals surface area contributed by atoms with E-state index in [1.165, 1.54) is 95.7 Å². The summed E-state index contributed by atoms with van der Waals surface area (Å²) in [6.45, 7) is 13.9. The van der Waals surface area contributed by atoms with Crippen LogP contribution >= 0.6 is 22.7 Å². The number of anilines is 6. The minimum Gasteiger partial charge on any atom is -0.310 e. The third kappa shape index (κ3) is 9.81. The van der Waals surface area contributed by atoms with Crippen LogP contribution in [0.15, 0.2) is 309 Å². The number of para-hydroxylation sites is 2. The maximum atomic E-state index is 2.70. The van der Waals surface area contributed by atoms with Crippen molar-refractivity contribution >= 4 is 120 Å². The van der Waals surface area contributed by atoms with Crippen molar-refractivity contribution in [2.75, 3.05) is 9.80 Å². The summed E-state index contributed by atoms with van der Waals surface area (Å²) < 4.78 is 5.17. The van der Waals surface area contributed by atoms with E-state index in [1.807, 2.05) is 22.7 Å². The van der Waals surface area contributed by atoms with Crippen LogP contribution in [-0.4, -0.2) is 6.71 Å². The van der Waals surface area contributed by atoms with Crippen LogP contribution in [0.2, 0.25) is 0 Å². The maximum Gasteiger partial charge on any atom is 0.252 e. The number of hydrogen-bond donors (Lipinski definition) is 0. The van der Waals surface area contributed by atoms with Crippen LogP contribution in [0.1, 0.15) is 52.7 Å². The Morgan fingerprint density at radius 3 is 0.969 bits per heavy atom. The molecule has 0 N–H and O–H groups in total. The van der Waals surface area contributed by atoms with Gasteiger partial charge in [-0.1, -0.05) is 302 Å². The van der Waals surface area contributed by atoms with Gasteiger partial charge in [0.25, 0.3) is 6.71 Å². The zero-order chi connectivity index (χ0) is 65.3. The Morgan fingerprint density at radius 1 is 0.258 bits per heavy atom. The fourth-order valence-corrected chi connectivity index (χ4v) is 17.9. The topological polar surface area (TPSA) is 6.48 Å². The molecule has 16 aromatic rings. The molecule has 2 aromatic heterocycles. The third-order valence-corrected chi connectivity index (χ3v) is 22.6. The molecule has 2 aliphatic heterocycles. The number of benzene rings is 14. The van der Waals surface area contributed by atoms with E-state index >= 15 is 0 Å². The van der Waals surface area contributed by atoms with E-state index in [4.69, 9.17) is 0 Å². The smallest absolute Gasteiger partial charge is 0.252 e. The molecule has 14 aromatic carbocycles. The molecule has 0 aliphatic carbocycles. The van der Waals surface area contributed by atoms with Crippen molar-refractivity contribution in [2.45, 2.75) is 52.4 Å². The summed E-state index contributed by atoms with van der Waals surface area (Å²) in [5, 5.41) is 5.18. The lowest BCUT2D eigenvalue weighted by atomic mass is 9.33. The lowest BCUT2D eigenvalue weighted by Gasteiger charge is -2.46. The molecule has 0 atom stereocenters. The molecule has 0 saturated carbocycles. The summed E-state index contributed by atoms with van der Waals surface area (Å²) in [4.78, 5) is 5.40. The molecule has 0 saturated heterocycles. The highest BCUT2D eigenvalue weighted by Gasteiger charge is 2.46. The van der Waals surface area contributed by atoms with Gasteiger partial charge in [0.2, 0.25) is 0 Å². The molecule has 18 rings (SSSR count). The first kappa shape index (κ1) is 58.7. The maximum absolute atomic E-state index is 2.70. The Balaban J connectivity index is 1.04. The summed E-state index contributed by atoms with van der Waals surface area (Å²) in [5.41, 5.74) is 29.4. The standard InChI is InChI=1S/C92H69BN2S2/c1-91(2,3)66-51-64(52-67(57-66)92(4,5)6)65-55-80-88-81(56-65)95(90-72(60-31-15-9-16-32-60)41-24-42-73(90)61-33-17-10-18-34-61)79-50-48-63(69-38-26-46-85-87(69)75-36-20-22-44-83(75)97-85)54-77(79)93(88)76-53-62(68-37-25-45-84-86(68)74-35-19-21-43-82(74)96-84)47-49-78(76)94(80)89-70(58-27-11-7-12-28-58)39-23-40-71(89)59-29-13-8-14-30-59/h7-57H,1-6H3. The van der Waals surface area contributed by atoms with Gasteiger partial charge in [-0.2, -0.15) is 0 Å². The largest absolute Gasteiger partial charge is 0.310 e. The molecular formula is C92H69BN2S2. The number of nitrogens with zero attached hydrogens (tertiary/aromatic N) is 2. The monoisotopic (exact) mass is 1280 g/mol. The zero-order valence-electron chi connectivity index (χ0n) is 55.2. The average molecular weight is 1280 g/mol. The zero-order valence-corrected chi connectivity index (χ0v) is 56.9. The van der Waals surface area contributed by atoms with E-state index in [-0.39, 0.29) is 17.5 Å². The van der Waals surface area contributed by atoms with Gasteiger partial charge in [0.05, 0.1) is 11.4 Å². The molecule has 0 unspecified atom stereocenters. The van der Waals surface area contributed by atoms with Gasteiger partial charge in [-0.05, 0) is 143 Å². The second kappa shape index (κ2) is 23.0. The van der Waals surface area contributed by atoms with Crippen molar-refractivity contribution in [3.63, 3.8) is 0 Å². The molecule has 97 heavy (non-hydrogen) atoms. The molecule has 0 spiro atoms. The highest BCUT2D eigenvalue weighted by atomic mass is 32.1. The van der Waals surface area contributed by atoms with Gasteiger partial charge in [0.1, 0.15) is 0 Å². The molecule has 2 aliphatic rings. The fraction of sp³-hybridized carbons (Fsp3) is 0.0870. The Bertz CT molecular complexity index is 5330. The third-order valence-electron chi connectivity index (χ3n) is 20.3. The van der Waals surface area contributed by atoms with Crippen molar-refractivity contribution in [3.05, 3.63) is 321 Å². The number of rotatable bonds is 9. The molecule has 4 heterocycles. The molecule has 5 heteroatoms. The van der Waals surface area contributed by atoms with Crippen LogP contribution in [0.5, 0.6) is 0 Å². The summed E-state index contributed by atoms with van der Waals surface area (Å²) >= 11 is 3.76. The number of thiophene rings is 2. The quantitative estimate of drug-likeness (QED) is 0.133. The van der Waals surface area contributed by atoms with Crippen LogP contribution in [0.4, 0.5) is 34.1 Å². The Kier molecular flexibility index (Phi) is 13.9. The van der Waals surface area contributed by atoms with E-state index in [2.05, 4.69) is 361 Å². The van der Waals surface area contributed by atoms with Crippen molar-refractivity contribution in [1.29, 1.82) is 0 Å². The molecule has 462 valence electrons. The molecular weight excluding hydrogens is 1210 g/mol. The van der Waals surface area contributed by atoms with Gasteiger partial charge >= 0.3 is 0 Å². The summed E-state index contributed by atoms with van der Waals surface area (Å²) in [5.74, 6) is 0. The van der Waals surface area contributed by atoms with Crippen molar-refractivity contribution in [2.24, 2.45) is 0 Å². The lowest BCUT2D eigenvalue weighted by molar-refractivity contribution is 0.569. The fourth-order valence-electron chi connectivity index (χ4n) is 15.7. The average Bonchev–Trinajstić information content (AvgIpc) is 1.24. The van der Waals surface area contributed by atoms with Gasteiger partial charge in [-0.15, -0.1) is 22.7 Å². The minimum atomic E-state index is -0.257. The van der Waals surface area contributed by atoms with Gasteiger partial charge in [0.15, 0.2) is 0 Å². The second-order valence-corrected chi connectivity index (χ2v) is 30.5. The van der Waals surface area contributed by atoms with Crippen LogP contribution in [-0.2, 0) is 10.8 Å². The van der Waals surface area contributed by atoms with Crippen molar-refractivity contribution in [3.8, 4) is 77.9 Å². The minimum absolute atomic E-state index is 0.132. The first-order valence-electron chi connectivity index (χ1n) is 33.9. The molecule has 2 nitrogen and oxygen atoms in total. The SMILES string of the molecule is CC(C)(C)c1cc(-c2cc3c4c(c2)N(c2c(-c5ccccc5)cccc2-c2ccccc2)c2ccc(-c5cccc6sc7ccccc7c56)cc2B4c2cc(-c4cccc5sc6ccccc6c45)ccc2N3c2c(-c3ccccc3)cccc2-c2ccccc2)cc(C(C)(C)C)c1. The van der Waals surface area contributed by atoms with E-state index in [0.717, 1.165) is 84.2 Å². The van der Waals surface area contributed by atoms with Gasteiger partial charge < -0.3 is 9.80 Å². The van der Waals surface area contributed by atoms with Crippen molar-refractivity contribution in [1.82, 2.24) is 0 Å². The molecule has 0 fully saturated rings. The first-order chi connectivity index (χ1) is 47.4. The van der Waals surface area contributed by atoms with Gasteiger partial charge in [-0.25, -0.2) is 0 Å². The van der Waals surface area contributed by atoms with E-state index in [0.29, 0.717) is 0 Å². The molecule has 0 amide bonds. The Morgan fingerprint density at radius 2 is 0.588 bits per heavy atom. The molecule has 0 radical (unpaired) electrons. The predicted molar refractivity (Wildman–Crippen MR) is 422 cm³/mol. The normalized spacial score (nSPS) is 12.8. The molecule has 0 bridgehead atoms. The van der Waals surface area contributed by atoms with Crippen LogP contribution in [0.3, 0.4) is 0 Å². The van der Waals surface area contributed by atoms with Gasteiger partial charge in [0, 0.05) is 85.3 Å². The van der Waals surface area contributed by atoms with E-state index in [9.17, 15) is 0 Å². The summed E-state index contributed by atoms with van der Waals surface area (Å²) in [7, 11) is 0. The predicted octanol–water partition coefficient (Wildman–Crippen LogP) is 24.8. The van der Waals surface area contributed by atoms with Crippen LogP contribution < -0.4 is 26.2 Å². The van der Waals surface area contributed by atoms with Crippen LogP contribution in [0.25, 0.3) is 118 Å². The first-order valence-corrected chi connectivity index (χ1v) is 35.5. The number of hydrogen-bond acceptors (Lipinski definition) is 4. The second-order valence-electron chi connectivity index (χ2n) is 28.3. The van der Waals surface area contributed by atoms with E-state index < -0.39 is 0 Å². The summed E-state index contributed by atoms with van der Waals surface area (Å²) in [6.07, 6.45) is 0. The van der Waals surface area contributed by atoms with Crippen molar-refractivity contribution < 1.29 is 0 Å². The lowest BCUT2D eigenvalue weighted by Crippen LogP contribution is -2.61.